The summed E-state index contributed by atoms with van der Waals surface area (Å²) in [5.41, 5.74) is 1.89. The van der Waals surface area contributed by atoms with Crippen LogP contribution in [-0.2, 0) is 14.8 Å². The van der Waals surface area contributed by atoms with E-state index in [1.54, 1.807) is 6.07 Å². The number of amides is 1. The Balaban J connectivity index is 1.68. The Kier molecular flexibility index (Phi) is 6.33. The lowest BCUT2D eigenvalue weighted by Gasteiger charge is -2.12. The van der Waals surface area contributed by atoms with Crippen molar-refractivity contribution in [2.75, 3.05) is 25.6 Å². The van der Waals surface area contributed by atoms with Crippen LogP contribution in [0.5, 0.6) is 5.75 Å². The molecule has 2 aromatic carbocycles. The van der Waals surface area contributed by atoms with E-state index in [1.807, 2.05) is 19.1 Å². The van der Waals surface area contributed by atoms with E-state index in [2.05, 4.69) is 10.0 Å². The molecule has 1 aliphatic rings. The Morgan fingerprint density at radius 3 is 2.61 bits per heavy atom. The summed E-state index contributed by atoms with van der Waals surface area (Å²) in [4.78, 5) is 12.6. The van der Waals surface area contributed by atoms with Gasteiger partial charge in [0.1, 0.15) is 5.75 Å². The molecule has 1 unspecified atom stereocenters. The smallest absolute Gasteiger partial charge is 0.255 e. The van der Waals surface area contributed by atoms with Crippen LogP contribution in [0.4, 0.5) is 5.69 Å². The number of rotatable bonds is 7. The second kappa shape index (κ2) is 8.72. The number of aryl methyl sites for hydroxylation is 1. The molecule has 150 valence electrons. The van der Waals surface area contributed by atoms with Gasteiger partial charge in [-0.1, -0.05) is 6.07 Å². The molecule has 1 heterocycles. The van der Waals surface area contributed by atoms with Crippen LogP contribution in [-0.4, -0.2) is 40.7 Å². The van der Waals surface area contributed by atoms with Crippen molar-refractivity contribution in [2.45, 2.75) is 30.8 Å². The standard InChI is InChI=1S/C20H24N2O5S/c1-14-5-10-19(26-2)18(12-14)22-20(23)15-6-8-17(9-7-15)28(24,25)21-13-16-4-3-11-27-16/h5-10,12,16,21H,3-4,11,13H2,1-2H3,(H,22,23). The molecule has 0 aromatic heterocycles. The lowest BCUT2D eigenvalue weighted by Crippen LogP contribution is -2.31. The summed E-state index contributed by atoms with van der Waals surface area (Å²) in [6.45, 7) is 2.83. The topological polar surface area (TPSA) is 93.7 Å². The fourth-order valence-corrected chi connectivity index (χ4v) is 4.06. The molecular formula is C20H24N2O5S. The van der Waals surface area contributed by atoms with E-state index < -0.39 is 10.0 Å². The van der Waals surface area contributed by atoms with Crippen molar-refractivity contribution in [3.8, 4) is 5.75 Å². The third-order valence-corrected chi connectivity index (χ3v) is 5.99. The quantitative estimate of drug-likeness (QED) is 0.740. The molecule has 28 heavy (non-hydrogen) atoms. The maximum absolute atomic E-state index is 12.5. The summed E-state index contributed by atoms with van der Waals surface area (Å²) in [5, 5.41) is 2.79. The predicted octanol–water partition coefficient (Wildman–Crippen LogP) is 2.71. The molecule has 0 aliphatic carbocycles. The zero-order chi connectivity index (χ0) is 20.1. The molecule has 3 rings (SSSR count). The van der Waals surface area contributed by atoms with Gasteiger partial charge < -0.3 is 14.8 Å². The van der Waals surface area contributed by atoms with E-state index in [4.69, 9.17) is 9.47 Å². The van der Waals surface area contributed by atoms with Gasteiger partial charge in [-0.15, -0.1) is 0 Å². The third kappa shape index (κ3) is 4.89. The monoisotopic (exact) mass is 404 g/mol. The van der Waals surface area contributed by atoms with Crippen molar-refractivity contribution in [2.24, 2.45) is 0 Å². The minimum Gasteiger partial charge on any atom is -0.495 e. The lowest BCUT2D eigenvalue weighted by atomic mass is 10.1. The van der Waals surface area contributed by atoms with Crippen molar-refractivity contribution in [1.29, 1.82) is 0 Å². The fraction of sp³-hybridized carbons (Fsp3) is 0.350. The number of anilines is 1. The van der Waals surface area contributed by atoms with E-state index in [1.165, 1.54) is 31.4 Å². The summed E-state index contributed by atoms with van der Waals surface area (Å²) in [5.74, 6) is 0.205. The third-order valence-electron chi connectivity index (χ3n) is 4.56. The summed E-state index contributed by atoms with van der Waals surface area (Å²) in [6, 6.07) is 11.3. The predicted molar refractivity (Wildman–Crippen MR) is 106 cm³/mol. The SMILES string of the molecule is COc1ccc(C)cc1NC(=O)c1ccc(S(=O)(=O)NCC2CCCO2)cc1. The molecule has 1 saturated heterocycles. The maximum atomic E-state index is 12.5. The van der Waals surface area contributed by atoms with Crippen molar-refractivity contribution in [3.63, 3.8) is 0 Å². The highest BCUT2D eigenvalue weighted by Gasteiger charge is 2.20. The number of nitrogens with one attached hydrogen (secondary N) is 2. The molecule has 0 bridgehead atoms. The molecule has 8 heteroatoms. The van der Waals surface area contributed by atoms with E-state index in [0.717, 1.165) is 18.4 Å². The van der Waals surface area contributed by atoms with E-state index in [-0.39, 0.29) is 23.5 Å². The normalized spacial score (nSPS) is 16.7. The minimum absolute atomic E-state index is 0.0795. The van der Waals surface area contributed by atoms with Crippen molar-refractivity contribution in [1.82, 2.24) is 4.72 Å². The van der Waals surface area contributed by atoms with Crippen LogP contribution in [0.15, 0.2) is 47.4 Å². The summed E-state index contributed by atoms with van der Waals surface area (Å²) in [7, 11) is -2.12. The summed E-state index contributed by atoms with van der Waals surface area (Å²) < 4.78 is 38.0. The van der Waals surface area contributed by atoms with Crippen LogP contribution in [0.25, 0.3) is 0 Å². The first-order chi connectivity index (χ1) is 13.4. The van der Waals surface area contributed by atoms with Gasteiger partial charge in [0.25, 0.3) is 5.91 Å². The average molecular weight is 404 g/mol. The highest BCUT2D eigenvalue weighted by molar-refractivity contribution is 7.89. The van der Waals surface area contributed by atoms with Gasteiger partial charge in [-0.2, -0.15) is 0 Å². The van der Waals surface area contributed by atoms with E-state index in [0.29, 0.717) is 23.6 Å². The molecule has 1 atom stereocenters. The highest BCUT2D eigenvalue weighted by Crippen LogP contribution is 2.26. The van der Waals surface area contributed by atoms with Gasteiger partial charge in [-0.05, 0) is 61.7 Å². The molecule has 0 radical (unpaired) electrons. The maximum Gasteiger partial charge on any atom is 0.255 e. The number of sulfonamides is 1. The molecular weight excluding hydrogens is 380 g/mol. The van der Waals surface area contributed by atoms with Crippen molar-refractivity contribution < 1.29 is 22.7 Å². The minimum atomic E-state index is -3.65. The zero-order valence-electron chi connectivity index (χ0n) is 15.9. The number of hydrogen-bond donors (Lipinski definition) is 2. The van der Waals surface area contributed by atoms with Gasteiger partial charge in [0.05, 0.1) is 23.8 Å². The average Bonchev–Trinajstić information content (AvgIpc) is 3.20. The van der Waals surface area contributed by atoms with Gasteiger partial charge in [0.2, 0.25) is 10.0 Å². The molecule has 2 N–H and O–H groups in total. The Labute approximate surface area is 165 Å². The first-order valence-corrected chi connectivity index (χ1v) is 10.5. The molecule has 1 fully saturated rings. The van der Waals surface area contributed by atoms with Crippen LogP contribution in [0, 0.1) is 6.92 Å². The van der Waals surface area contributed by atoms with Gasteiger partial charge in [-0.25, -0.2) is 13.1 Å². The summed E-state index contributed by atoms with van der Waals surface area (Å²) >= 11 is 0. The van der Waals surface area contributed by atoms with Crippen molar-refractivity contribution in [3.05, 3.63) is 53.6 Å². The molecule has 1 amide bonds. The van der Waals surface area contributed by atoms with Gasteiger partial charge >= 0.3 is 0 Å². The Bertz CT molecular complexity index is 936. The van der Waals surface area contributed by atoms with Gasteiger partial charge in [0, 0.05) is 18.7 Å². The summed E-state index contributed by atoms with van der Waals surface area (Å²) in [6.07, 6.45) is 1.72. The number of carbonyl (C=O) groups excluding carboxylic acids is 1. The van der Waals surface area contributed by atoms with Crippen LogP contribution < -0.4 is 14.8 Å². The number of ether oxygens (including phenoxy) is 2. The van der Waals surface area contributed by atoms with Gasteiger partial charge in [-0.3, -0.25) is 4.79 Å². The lowest BCUT2D eigenvalue weighted by molar-refractivity contribution is 0.102. The molecule has 0 spiro atoms. The first kappa shape index (κ1) is 20.3. The van der Waals surface area contributed by atoms with Crippen LogP contribution in [0.3, 0.4) is 0 Å². The molecule has 0 saturated carbocycles. The van der Waals surface area contributed by atoms with Crippen molar-refractivity contribution >= 4 is 21.6 Å². The molecule has 2 aromatic rings. The van der Waals surface area contributed by atoms with Crippen LogP contribution >= 0.6 is 0 Å². The Hall–Kier alpha value is -2.42. The van der Waals surface area contributed by atoms with E-state index in [9.17, 15) is 13.2 Å². The highest BCUT2D eigenvalue weighted by atomic mass is 32.2. The number of carbonyl (C=O) groups is 1. The van der Waals surface area contributed by atoms with Crippen LogP contribution in [0.2, 0.25) is 0 Å². The number of methoxy groups -OCH3 is 1. The molecule has 7 nitrogen and oxygen atoms in total. The number of hydrogen-bond acceptors (Lipinski definition) is 5. The number of benzene rings is 2. The second-order valence-electron chi connectivity index (χ2n) is 6.67. The van der Waals surface area contributed by atoms with E-state index >= 15 is 0 Å². The largest absolute Gasteiger partial charge is 0.495 e. The van der Waals surface area contributed by atoms with Crippen LogP contribution in [0.1, 0.15) is 28.8 Å². The Morgan fingerprint density at radius 2 is 1.96 bits per heavy atom. The fourth-order valence-electron chi connectivity index (χ4n) is 2.99. The van der Waals surface area contributed by atoms with Gasteiger partial charge in [0.15, 0.2) is 0 Å². The second-order valence-corrected chi connectivity index (χ2v) is 8.44. The first-order valence-electron chi connectivity index (χ1n) is 9.06. The zero-order valence-corrected chi connectivity index (χ0v) is 16.7. The Morgan fingerprint density at radius 1 is 1.21 bits per heavy atom. The molecule has 1 aliphatic heterocycles.